The van der Waals surface area contributed by atoms with Crippen LogP contribution in [0.5, 0.6) is 0 Å². The Labute approximate surface area is 280 Å². The van der Waals surface area contributed by atoms with E-state index in [1.54, 1.807) is 18.7 Å². The zero-order valence-corrected chi connectivity index (χ0v) is 25.7. The first-order chi connectivity index (χ1) is 23.6. The number of morpholine rings is 1. The Morgan fingerprint density at radius 2 is 1.33 bits per heavy atom. The number of aliphatic carboxylic acids is 3. The van der Waals surface area contributed by atoms with Gasteiger partial charge in [0.1, 0.15) is 5.76 Å². The molecular weight excluding hydrogens is 719 g/mol. The zero-order valence-electron chi connectivity index (χ0n) is 25.7. The maximum Gasteiger partial charge on any atom is 0.490 e. The number of carbonyl (C=O) groups excluding carboxylic acids is 1. The molecule has 0 aliphatic carbocycles. The first-order valence-electron chi connectivity index (χ1n) is 13.9. The van der Waals surface area contributed by atoms with Gasteiger partial charge in [-0.25, -0.2) is 14.4 Å². The fourth-order valence-electron chi connectivity index (χ4n) is 4.61. The molecule has 2 saturated heterocycles. The van der Waals surface area contributed by atoms with Gasteiger partial charge in [0.25, 0.3) is 5.91 Å². The molecule has 2 fully saturated rings. The third-order valence-corrected chi connectivity index (χ3v) is 6.70. The van der Waals surface area contributed by atoms with Crippen molar-refractivity contribution < 1.29 is 83.2 Å². The number of hydrogen-bond acceptors (Lipinski definition) is 9. The molecule has 3 N–H and O–H groups in total. The number of amides is 1. The molecule has 2 atom stereocenters. The van der Waals surface area contributed by atoms with Gasteiger partial charge < -0.3 is 29.4 Å². The van der Waals surface area contributed by atoms with E-state index in [0.29, 0.717) is 39.3 Å². The van der Waals surface area contributed by atoms with Crippen LogP contribution in [-0.2, 0) is 37.0 Å². The second-order valence-corrected chi connectivity index (χ2v) is 10.3. The Kier molecular flexibility index (Phi) is 14.5. The van der Waals surface area contributed by atoms with Gasteiger partial charge in [0.2, 0.25) is 0 Å². The standard InChI is InChI=1S/C23H24N4O3.3C2HF3O2/c28-22-23(30-11-9-27(22)14-18-4-1-7-24-12-18)17-26(15-20-6-3-10-29-20)16-21(23)19-5-2-8-25-13-19;3*3-2(4,5)1(6)7/h1-8,10,12-13,21H,9,11,14-17H2;3*(H,6,7). The van der Waals surface area contributed by atoms with Gasteiger partial charge in [-0.1, -0.05) is 12.1 Å². The van der Waals surface area contributed by atoms with E-state index in [9.17, 15) is 44.3 Å². The second-order valence-electron chi connectivity index (χ2n) is 10.3. The zero-order chi connectivity index (χ0) is 38.6. The van der Waals surface area contributed by atoms with Crippen molar-refractivity contribution >= 4 is 23.8 Å². The van der Waals surface area contributed by atoms with Crippen LogP contribution in [0.25, 0.3) is 0 Å². The highest BCUT2D eigenvalue weighted by atomic mass is 19.4. The summed E-state index contributed by atoms with van der Waals surface area (Å²) in [6, 6.07) is 11.7. The minimum atomic E-state index is -5.08. The van der Waals surface area contributed by atoms with Crippen molar-refractivity contribution in [1.82, 2.24) is 19.8 Å². The lowest BCUT2D eigenvalue weighted by molar-refractivity contribution is -0.193. The molecule has 0 saturated carbocycles. The Hall–Kier alpha value is -5.25. The molecule has 22 heteroatoms. The van der Waals surface area contributed by atoms with E-state index in [-0.39, 0.29) is 11.8 Å². The molecule has 0 radical (unpaired) electrons. The van der Waals surface area contributed by atoms with Crippen molar-refractivity contribution in [1.29, 1.82) is 0 Å². The number of halogens is 9. The van der Waals surface area contributed by atoms with Gasteiger partial charge in [0.05, 0.1) is 19.4 Å². The molecule has 13 nitrogen and oxygen atoms in total. The number of carbonyl (C=O) groups is 4. The molecule has 0 aromatic carbocycles. The van der Waals surface area contributed by atoms with Crippen LogP contribution in [0.3, 0.4) is 0 Å². The van der Waals surface area contributed by atoms with Crippen molar-refractivity contribution in [3.63, 3.8) is 0 Å². The van der Waals surface area contributed by atoms with E-state index in [4.69, 9.17) is 38.9 Å². The smallest absolute Gasteiger partial charge is 0.475 e. The van der Waals surface area contributed by atoms with Gasteiger partial charge in [-0.05, 0) is 35.4 Å². The lowest BCUT2D eigenvalue weighted by Crippen LogP contribution is -2.59. The highest BCUT2D eigenvalue weighted by Gasteiger charge is 2.57. The number of carboxylic acid groups (broad SMARTS) is 3. The lowest BCUT2D eigenvalue weighted by Gasteiger charge is -2.42. The van der Waals surface area contributed by atoms with Gasteiger partial charge in [0, 0.05) is 56.9 Å². The van der Waals surface area contributed by atoms with Gasteiger partial charge in [-0.2, -0.15) is 39.5 Å². The molecular formula is C29H27F9N4O9. The predicted molar refractivity (Wildman–Crippen MR) is 150 cm³/mol. The maximum absolute atomic E-state index is 13.8. The van der Waals surface area contributed by atoms with Gasteiger partial charge in [0.15, 0.2) is 5.60 Å². The number of likely N-dealkylation sites (tertiary alicyclic amines) is 1. The molecule has 3 aromatic rings. The Morgan fingerprint density at radius 1 is 0.804 bits per heavy atom. The topological polar surface area (TPSA) is 184 Å². The Balaban J connectivity index is 0.000000352. The first kappa shape index (κ1) is 41.9. The second kappa shape index (κ2) is 17.6. The Bertz CT molecular complexity index is 1520. The van der Waals surface area contributed by atoms with Crippen LogP contribution in [-0.4, -0.2) is 109 Å². The number of rotatable bonds is 5. The molecule has 2 unspecified atom stereocenters. The van der Waals surface area contributed by atoms with Gasteiger partial charge in [-0.3, -0.25) is 19.7 Å². The molecule has 1 amide bonds. The van der Waals surface area contributed by atoms with E-state index < -0.39 is 42.0 Å². The van der Waals surface area contributed by atoms with Crippen LogP contribution in [0.1, 0.15) is 22.8 Å². The summed E-state index contributed by atoms with van der Waals surface area (Å²) in [5, 5.41) is 21.4. The third-order valence-electron chi connectivity index (χ3n) is 6.70. The van der Waals surface area contributed by atoms with Crippen LogP contribution in [0.2, 0.25) is 0 Å². The summed E-state index contributed by atoms with van der Waals surface area (Å²) >= 11 is 0. The predicted octanol–water partition coefficient (Wildman–Crippen LogP) is 4.37. The summed E-state index contributed by atoms with van der Waals surface area (Å²) in [6.07, 6.45) is -6.42. The fraction of sp³-hybridized carbons (Fsp3) is 0.379. The van der Waals surface area contributed by atoms with E-state index in [1.807, 2.05) is 53.7 Å². The summed E-state index contributed by atoms with van der Waals surface area (Å²) in [5.74, 6) is -7.45. The van der Waals surface area contributed by atoms with Crippen molar-refractivity contribution in [2.24, 2.45) is 0 Å². The van der Waals surface area contributed by atoms with Crippen LogP contribution < -0.4 is 0 Å². The van der Waals surface area contributed by atoms with E-state index in [2.05, 4.69) is 14.9 Å². The highest BCUT2D eigenvalue weighted by molar-refractivity contribution is 5.88. The molecule has 2 aliphatic rings. The number of ether oxygens (including phenoxy) is 1. The number of alkyl halides is 9. The number of hydrogen-bond donors (Lipinski definition) is 3. The molecule has 5 rings (SSSR count). The Morgan fingerprint density at radius 3 is 1.76 bits per heavy atom. The normalized spacial score (nSPS) is 19.1. The van der Waals surface area contributed by atoms with Crippen molar-refractivity contribution in [2.75, 3.05) is 26.2 Å². The summed E-state index contributed by atoms with van der Waals surface area (Å²) in [7, 11) is 0. The highest BCUT2D eigenvalue weighted by Crippen LogP contribution is 2.42. The fourth-order valence-corrected chi connectivity index (χ4v) is 4.61. The summed E-state index contributed by atoms with van der Waals surface area (Å²) < 4.78 is 107. The van der Waals surface area contributed by atoms with Crippen molar-refractivity contribution in [3.8, 4) is 0 Å². The van der Waals surface area contributed by atoms with Gasteiger partial charge >= 0.3 is 36.4 Å². The number of carboxylic acids is 3. The SMILES string of the molecule is O=C(O)C(F)(F)F.O=C(O)C(F)(F)F.O=C(O)C(F)(F)F.O=C1N(Cc2cccnc2)CCOC12CN(Cc1ccco1)CC2c1cccnc1. The number of nitrogens with zero attached hydrogens (tertiary/aromatic N) is 4. The van der Waals surface area contributed by atoms with Crippen LogP contribution in [0, 0.1) is 0 Å². The average Bonchev–Trinajstić information content (AvgIpc) is 3.68. The summed E-state index contributed by atoms with van der Waals surface area (Å²) in [5.41, 5.74) is 1.12. The van der Waals surface area contributed by atoms with E-state index in [0.717, 1.165) is 16.9 Å². The molecule has 280 valence electrons. The average molecular weight is 747 g/mol. The van der Waals surface area contributed by atoms with E-state index >= 15 is 0 Å². The third kappa shape index (κ3) is 12.9. The van der Waals surface area contributed by atoms with Crippen molar-refractivity contribution in [2.45, 2.75) is 43.1 Å². The maximum atomic E-state index is 13.8. The minimum absolute atomic E-state index is 0.0356. The van der Waals surface area contributed by atoms with E-state index in [1.165, 1.54) is 0 Å². The minimum Gasteiger partial charge on any atom is -0.475 e. The molecule has 0 bridgehead atoms. The first-order valence-corrected chi connectivity index (χ1v) is 13.9. The summed E-state index contributed by atoms with van der Waals surface area (Å²) in [6.45, 7) is 3.50. The number of aromatic nitrogens is 2. The van der Waals surface area contributed by atoms with Crippen LogP contribution >= 0.6 is 0 Å². The number of furan rings is 1. The largest absolute Gasteiger partial charge is 0.490 e. The lowest BCUT2D eigenvalue weighted by atomic mass is 9.83. The van der Waals surface area contributed by atoms with Crippen LogP contribution in [0.4, 0.5) is 39.5 Å². The monoisotopic (exact) mass is 746 g/mol. The molecule has 51 heavy (non-hydrogen) atoms. The van der Waals surface area contributed by atoms with Crippen molar-refractivity contribution in [3.05, 3.63) is 84.3 Å². The van der Waals surface area contributed by atoms with Crippen LogP contribution in [0.15, 0.2) is 71.9 Å². The van der Waals surface area contributed by atoms with Gasteiger partial charge in [-0.15, -0.1) is 0 Å². The molecule has 5 heterocycles. The summed E-state index contributed by atoms with van der Waals surface area (Å²) in [4.78, 5) is 53.1. The quantitative estimate of drug-likeness (QED) is 0.314. The number of pyridine rings is 2. The molecule has 3 aromatic heterocycles. The molecule has 2 aliphatic heterocycles. The molecule has 1 spiro atoms.